The van der Waals surface area contributed by atoms with Crippen LogP contribution in [0.5, 0.6) is 6.01 Å². The summed E-state index contributed by atoms with van der Waals surface area (Å²) in [6, 6.07) is 10.8. The second kappa shape index (κ2) is 3.56. The van der Waals surface area contributed by atoms with E-state index in [0.29, 0.717) is 11.8 Å². The lowest BCUT2D eigenvalue weighted by molar-refractivity contribution is 0.134. The van der Waals surface area contributed by atoms with Gasteiger partial charge in [-0.25, -0.2) is 0 Å². The van der Waals surface area contributed by atoms with E-state index in [0.717, 1.165) is 13.0 Å². The number of fused-ring (bicyclic) bond motifs is 1. The van der Waals surface area contributed by atoms with Crippen molar-refractivity contribution in [2.45, 2.75) is 19.1 Å². The normalized spacial score (nSPS) is 18.9. The molecule has 1 aromatic carbocycles. The topological polar surface area (TPSA) is 53.1 Å². The minimum atomic E-state index is 0.0931. The molecule has 4 nitrogen and oxygen atoms in total. The van der Waals surface area contributed by atoms with Gasteiger partial charge in [0.25, 0.3) is 6.01 Å². The minimum Gasteiger partial charge on any atom is -0.456 e. The number of anilines is 1. The quantitative estimate of drug-likeness (QED) is 0.791. The Hall–Kier alpha value is -1.97. The Balaban J connectivity index is 1.88. The first-order chi connectivity index (χ1) is 7.83. The number of hydrogen-bond donors (Lipinski definition) is 1. The summed E-state index contributed by atoms with van der Waals surface area (Å²) in [6.45, 7) is 0.902. The molecule has 82 valence electrons. The number of nitrogen functional groups attached to an aromatic ring is 1. The number of aromatic nitrogens is 2. The van der Waals surface area contributed by atoms with E-state index in [9.17, 15) is 0 Å². The van der Waals surface area contributed by atoms with Crippen LogP contribution < -0.4 is 10.5 Å². The van der Waals surface area contributed by atoms with Gasteiger partial charge in [0.05, 0.1) is 6.20 Å². The van der Waals surface area contributed by atoms with Gasteiger partial charge < -0.3 is 10.5 Å². The van der Waals surface area contributed by atoms with E-state index in [1.165, 1.54) is 5.56 Å². The van der Waals surface area contributed by atoms with Gasteiger partial charge in [0.15, 0.2) is 0 Å². The second-order valence-electron chi connectivity index (χ2n) is 3.95. The zero-order valence-electron chi connectivity index (χ0n) is 8.84. The van der Waals surface area contributed by atoms with Crippen molar-refractivity contribution in [1.82, 2.24) is 9.55 Å². The predicted octanol–water partition coefficient (Wildman–Crippen LogP) is 1.99. The van der Waals surface area contributed by atoms with Crippen molar-refractivity contribution in [2.75, 3.05) is 5.73 Å². The number of imidazole rings is 1. The molecule has 1 aliphatic heterocycles. The molecule has 0 aliphatic carbocycles. The van der Waals surface area contributed by atoms with Crippen LogP contribution in [0.25, 0.3) is 0 Å². The number of nitrogens with zero attached hydrogens (tertiary/aromatic N) is 2. The van der Waals surface area contributed by atoms with E-state index in [1.807, 2.05) is 29.0 Å². The Morgan fingerprint density at radius 1 is 1.31 bits per heavy atom. The number of nitrogens with two attached hydrogens (primary N) is 1. The summed E-state index contributed by atoms with van der Waals surface area (Å²) < 4.78 is 7.76. The van der Waals surface area contributed by atoms with Crippen molar-refractivity contribution in [3.05, 3.63) is 42.1 Å². The fourth-order valence-corrected chi connectivity index (χ4v) is 2.02. The largest absolute Gasteiger partial charge is 0.456 e. The van der Waals surface area contributed by atoms with Gasteiger partial charge in [-0.05, 0) is 5.56 Å². The summed E-state index contributed by atoms with van der Waals surface area (Å²) in [5, 5.41) is 0. The molecule has 16 heavy (non-hydrogen) atoms. The SMILES string of the molecule is Nc1cn2c(n1)O[C@H](c1ccccc1)CC2. The lowest BCUT2D eigenvalue weighted by atomic mass is 10.1. The third-order valence-electron chi connectivity index (χ3n) is 2.81. The third kappa shape index (κ3) is 1.52. The Kier molecular flexibility index (Phi) is 2.06. The standard InChI is InChI=1S/C12H13N3O/c13-11-8-15-7-6-10(16-12(15)14-11)9-4-2-1-3-5-9/h1-5,8,10H,6-7,13H2/t10-/m0/s1. The highest BCUT2D eigenvalue weighted by atomic mass is 16.5. The summed E-state index contributed by atoms with van der Waals surface area (Å²) in [6.07, 6.45) is 2.86. The highest BCUT2D eigenvalue weighted by molar-refractivity contribution is 5.30. The van der Waals surface area contributed by atoms with Gasteiger partial charge in [-0.1, -0.05) is 30.3 Å². The van der Waals surface area contributed by atoms with Crippen LogP contribution >= 0.6 is 0 Å². The van der Waals surface area contributed by atoms with Crippen molar-refractivity contribution in [1.29, 1.82) is 0 Å². The highest BCUT2D eigenvalue weighted by Gasteiger charge is 2.22. The van der Waals surface area contributed by atoms with Crippen LogP contribution in [0.3, 0.4) is 0 Å². The van der Waals surface area contributed by atoms with Crippen molar-refractivity contribution in [3.8, 4) is 6.01 Å². The fraction of sp³-hybridized carbons (Fsp3) is 0.250. The molecule has 0 fully saturated rings. The number of hydrogen-bond acceptors (Lipinski definition) is 3. The molecule has 3 rings (SSSR count). The van der Waals surface area contributed by atoms with Gasteiger partial charge in [-0.15, -0.1) is 0 Å². The molecular formula is C12H13N3O. The maximum atomic E-state index is 5.81. The lowest BCUT2D eigenvalue weighted by Gasteiger charge is -2.24. The maximum Gasteiger partial charge on any atom is 0.298 e. The minimum absolute atomic E-state index is 0.0931. The molecule has 2 N–H and O–H groups in total. The number of ether oxygens (including phenoxy) is 1. The second-order valence-corrected chi connectivity index (χ2v) is 3.95. The van der Waals surface area contributed by atoms with E-state index < -0.39 is 0 Å². The summed E-state index contributed by atoms with van der Waals surface area (Å²) >= 11 is 0. The van der Waals surface area contributed by atoms with Gasteiger partial charge in [0, 0.05) is 13.0 Å². The molecule has 2 aromatic rings. The molecule has 0 radical (unpaired) electrons. The number of aryl methyl sites for hydroxylation is 1. The summed E-state index contributed by atoms with van der Waals surface area (Å²) in [5.41, 5.74) is 6.82. The monoisotopic (exact) mass is 215 g/mol. The van der Waals surface area contributed by atoms with Gasteiger partial charge in [0.1, 0.15) is 11.9 Å². The van der Waals surface area contributed by atoms with Gasteiger partial charge in [-0.3, -0.25) is 4.57 Å². The average Bonchev–Trinajstić information content (AvgIpc) is 2.69. The van der Waals surface area contributed by atoms with Crippen molar-refractivity contribution < 1.29 is 4.74 Å². The van der Waals surface area contributed by atoms with Crippen LogP contribution in [0.4, 0.5) is 5.82 Å². The molecule has 0 bridgehead atoms. The van der Waals surface area contributed by atoms with Crippen LogP contribution in [0.1, 0.15) is 18.1 Å². The summed E-state index contributed by atoms with van der Waals surface area (Å²) in [4.78, 5) is 4.15. The first kappa shape index (κ1) is 9.27. The van der Waals surface area contributed by atoms with Crippen molar-refractivity contribution in [3.63, 3.8) is 0 Å². The molecule has 4 heteroatoms. The van der Waals surface area contributed by atoms with Crippen LogP contribution in [0.2, 0.25) is 0 Å². The molecule has 1 atom stereocenters. The van der Waals surface area contributed by atoms with E-state index in [-0.39, 0.29) is 6.10 Å². The number of rotatable bonds is 1. The van der Waals surface area contributed by atoms with Crippen LogP contribution in [0, 0.1) is 0 Å². The molecule has 0 saturated carbocycles. The molecule has 0 amide bonds. The van der Waals surface area contributed by atoms with E-state index in [4.69, 9.17) is 10.5 Å². The molecule has 0 unspecified atom stereocenters. The van der Waals surface area contributed by atoms with E-state index >= 15 is 0 Å². The molecular weight excluding hydrogens is 202 g/mol. The van der Waals surface area contributed by atoms with E-state index in [2.05, 4.69) is 17.1 Å². The summed E-state index contributed by atoms with van der Waals surface area (Å²) in [7, 11) is 0. The van der Waals surface area contributed by atoms with Gasteiger partial charge >= 0.3 is 0 Å². The van der Waals surface area contributed by atoms with Gasteiger partial charge in [-0.2, -0.15) is 4.98 Å². The smallest absolute Gasteiger partial charge is 0.298 e. The Bertz CT molecular complexity index is 492. The predicted molar refractivity (Wildman–Crippen MR) is 61.1 cm³/mol. The first-order valence-electron chi connectivity index (χ1n) is 5.37. The number of benzene rings is 1. The first-order valence-corrected chi connectivity index (χ1v) is 5.37. The zero-order valence-corrected chi connectivity index (χ0v) is 8.84. The van der Waals surface area contributed by atoms with Crippen LogP contribution in [0.15, 0.2) is 36.5 Å². The molecule has 1 aromatic heterocycles. The highest BCUT2D eigenvalue weighted by Crippen LogP contribution is 2.30. The molecule has 0 saturated heterocycles. The fourth-order valence-electron chi connectivity index (χ4n) is 2.02. The Morgan fingerprint density at radius 2 is 2.12 bits per heavy atom. The van der Waals surface area contributed by atoms with Gasteiger partial charge in [0.2, 0.25) is 0 Å². The van der Waals surface area contributed by atoms with Crippen molar-refractivity contribution >= 4 is 5.82 Å². The van der Waals surface area contributed by atoms with Crippen molar-refractivity contribution in [2.24, 2.45) is 0 Å². The summed E-state index contributed by atoms with van der Waals surface area (Å²) in [5.74, 6) is 0.517. The van der Waals surface area contributed by atoms with Crippen LogP contribution in [-0.2, 0) is 6.54 Å². The maximum absolute atomic E-state index is 5.81. The zero-order chi connectivity index (χ0) is 11.0. The molecule has 0 spiro atoms. The third-order valence-corrected chi connectivity index (χ3v) is 2.81. The van der Waals surface area contributed by atoms with Crippen LogP contribution in [-0.4, -0.2) is 9.55 Å². The lowest BCUT2D eigenvalue weighted by Crippen LogP contribution is -2.18. The van der Waals surface area contributed by atoms with E-state index in [1.54, 1.807) is 0 Å². The Morgan fingerprint density at radius 3 is 2.94 bits per heavy atom. The Labute approximate surface area is 93.7 Å². The molecule has 1 aliphatic rings. The average molecular weight is 215 g/mol. The molecule has 2 heterocycles.